The van der Waals surface area contributed by atoms with Crippen LogP contribution in [0, 0.1) is 0 Å². The number of hydrogen-bond acceptors (Lipinski definition) is 3. The first kappa shape index (κ1) is 14.3. The molecule has 106 valence electrons. The van der Waals surface area contributed by atoms with Crippen molar-refractivity contribution in [2.45, 2.75) is 0 Å². The fourth-order valence-corrected chi connectivity index (χ4v) is 1.71. The van der Waals surface area contributed by atoms with Crippen molar-refractivity contribution < 1.29 is 19.5 Å². The number of carbonyl (C=O) groups is 3. The number of nitrogens with two attached hydrogens (primary N) is 1. The maximum Gasteiger partial charge on any atom is 0.335 e. The van der Waals surface area contributed by atoms with Crippen molar-refractivity contribution >= 4 is 23.5 Å². The van der Waals surface area contributed by atoms with Crippen LogP contribution in [0.5, 0.6) is 0 Å². The van der Waals surface area contributed by atoms with E-state index in [4.69, 9.17) is 10.8 Å². The standard InChI is InChI=1S/C15H12N2O4/c16-13(18)10-2-1-3-11(8-10)14(19)17-12-6-4-9(5-7-12)15(20)21/h1-8H,(H2,16,18)(H,17,19)(H,20,21). The Hall–Kier alpha value is -3.15. The van der Waals surface area contributed by atoms with Crippen molar-refractivity contribution in [3.05, 3.63) is 65.2 Å². The molecule has 0 heterocycles. The quantitative estimate of drug-likeness (QED) is 0.794. The average molecular weight is 284 g/mol. The number of carbonyl (C=O) groups excluding carboxylic acids is 2. The smallest absolute Gasteiger partial charge is 0.335 e. The van der Waals surface area contributed by atoms with Gasteiger partial charge >= 0.3 is 5.97 Å². The van der Waals surface area contributed by atoms with Gasteiger partial charge in [-0.25, -0.2) is 4.79 Å². The lowest BCUT2D eigenvalue weighted by molar-refractivity contribution is 0.0696. The number of primary amides is 1. The second-order valence-electron chi connectivity index (χ2n) is 4.28. The third-order valence-corrected chi connectivity index (χ3v) is 2.80. The van der Waals surface area contributed by atoms with Gasteiger partial charge in [0, 0.05) is 16.8 Å². The predicted octanol–water partition coefficient (Wildman–Crippen LogP) is 1.74. The normalized spacial score (nSPS) is 9.90. The van der Waals surface area contributed by atoms with E-state index in [1.165, 1.54) is 36.4 Å². The second-order valence-corrected chi connectivity index (χ2v) is 4.28. The van der Waals surface area contributed by atoms with Crippen molar-refractivity contribution in [1.29, 1.82) is 0 Å². The number of amides is 2. The van der Waals surface area contributed by atoms with Gasteiger partial charge in [0.15, 0.2) is 0 Å². The summed E-state index contributed by atoms with van der Waals surface area (Å²) in [6.45, 7) is 0. The van der Waals surface area contributed by atoms with Gasteiger partial charge in [-0.1, -0.05) is 6.07 Å². The molecule has 4 N–H and O–H groups in total. The highest BCUT2D eigenvalue weighted by Crippen LogP contribution is 2.12. The number of carboxylic acid groups (broad SMARTS) is 1. The van der Waals surface area contributed by atoms with Crippen molar-refractivity contribution in [2.24, 2.45) is 5.73 Å². The number of benzene rings is 2. The van der Waals surface area contributed by atoms with Gasteiger partial charge in [-0.2, -0.15) is 0 Å². The molecule has 0 aromatic heterocycles. The van der Waals surface area contributed by atoms with E-state index in [1.54, 1.807) is 12.1 Å². The Bertz CT molecular complexity index is 708. The Kier molecular flexibility index (Phi) is 3.99. The maximum absolute atomic E-state index is 12.0. The molecule has 0 saturated carbocycles. The van der Waals surface area contributed by atoms with Gasteiger partial charge in [0.05, 0.1) is 5.56 Å². The van der Waals surface area contributed by atoms with Crippen molar-refractivity contribution in [3.63, 3.8) is 0 Å². The van der Waals surface area contributed by atoms with E-state index in [9.17, 15) is 14.4 Å². The van der Waals surface area contributed by atoms with Gasteiger partial charge in [-0.15, -0.1) is 0 Å². The zero-order valence-corrected chi connectivity index (χ0v) is 10.9. The summed E-state index contributed by atoms with van der Waals surface area (Å²) in [5, 5.41) is 11.4. The van der Waals surface area contributed by atoms with Crippen molar-refractivity contribution in [1.82, 2.24) is 0 Å². The molecular formula is C15H12N2O4. The minimum absolute atomic E-state index is 0.128. The van der Waals surface area contributed by atoms with Crippen LogP contribution in [0.1, 0.15) is 31.1 Å². The summed E-state index contributed by atoms with van der Waals surface area (Å²) in [7, 11) is 0. The average Bonchev–Trinajstić information content (AvgIpc) is 2.48. The highest BCUT2D eigenvalue weighted by molar-refractivity contribution is 6.06. The van der Waals surface area contributed by atoms with E-state index in [-0.39, 0.29) is 16.7 Å². The molecule has 6 nitrogen and oxygen atoms in total. The molecule has 0 bridgehead atoms. The molecule has 21 heavy (non-hydrogen) atoms. The summed E-state index contributed by atoms with van der Waals surface area (Å²) in [6, 6.07) is 11.8. The fraction of sp³-hybridized carbons (Fsp3) is 0. The summed E-state index contributed by atoms with van der Waals surface area (Å²) in [4.78, 5) is 33.8. The third-order valence-electron chi connectivity index (χ3n) is 2.80. The summed E-state index contributed by atoms with van der Waals surface area (Å²) in [5.41, 5.74) is 6.26. The van der Waals surface area contributed by atoms with Crippen molar-refractivity contribution in [2.75, 3.05) is 5.32 Å². The van der Waals surface area contributed by atoms with Crippen LogP contribution in [-0.4, -0.2) is 22.9 Å². The Morgan fingerprint density at radius 3 is 2.10 bits per heavy atom. The number of hydrogen-bond donors (Lipinski definition) is 3. The van der Waals surface area contributed by atoms with Crippen molar-refractivity contribution in [3.8, 4) is 0 Å². The van der Waals surface area contributed by atoms with E-state index in [0.29, 0.717) is 5.69 Å². The monoisotopic (exact) mass is 284 g/mol. The molecule has 0 aliphatic carbocycles. The summed E-state index contributed by atoms with van der Waals surface area (Å²) >= 11 is 0. The van der Waals surface area contributed by atoms with Crippen LogP contribution in [0.2, 0.25) is 0 Å². The molecule has 0 aliphatic heterocycles. The van der Waals surface area contributed by atoms with E-state index < -0.39 is 17.8 Å². The van der Waals surface area contributed by atoms with Gasteiger partial charge in [-0.05, 0) is 42.5 Å². The van der Waals surface area contributed by atoms with Crippen LogP contribution in [0.15, 0.2) is 48.5 Å². The zero-order valence-electron chi connectivity index (χ0n) is 10.9. The first-order chi connectivity index (χ1) is 9.97. The van der Waals surface area contributed by atoms with Crippen LogP contribution in [0.25, 0.3) is 0 Å². The molecule has 2 rings (SSSR count). The maximum atomic E-state index is 12.0. The lowest BCUT2D eigenvalue weighted by Gasteiger charge is -2.06. The summed E-state index contributed by atoms with van der Waals surface area (Å²) in [5.74, 6) is -2.07. The van der Waals surface area contributed by atoms with Gasteiger partial charge in [0.25, 0.3) is 5.91 Å². The molecule has 2 amide bonds. The van der Waals surface area contributed by atoms with E-state index in [2.05, 4.69) is 5.32 Å². The van der Waals surface area contributed by atoms with E-state index in [1.807, 2.05) is 0 Å². The van der Waals surface area contributed by atoms with Crippen LogP contribution < -0.4 is 11.1 Å². The molecule has 0 aliphatic rings. The lowest BCUT2D eigenvalue weighted by atomic mass is 10.1. The molecule has 2 aromatic carbocycles. The minimum Gasteiger partial charge on any atom is -0.478 e. The van der Waals surface area contributed by atoms with Crippen LogP contribution in [-0.2, 0) is 0 Å². The summed E-state index contributed by atoms with van der Waals surface area (Å²) in [6.07, 6.45) is 0. The Balaban J connectivity index is 2.16. The molecule has 0 atom stereocenters. The van der Waals surface area contributed by atoms with Crippen LogP contribution in [0.4, 0.5) is 5.69 Å². The van der Waals surface area contributed by atoms with Gasteiger partial charge in [0.2, 0.25) is 5.91 Å². The molecule has 0 radical (unpaired) electrons. The molecule has 0 spiro atoms. The Morgan fingerprint density at radius 2 is 1.52 bits per heavy atom. The highest BCUT2D eigenvalue weighted by atomic mass is 16.4. The molecular weight excluding hydrogens is 272 g/mol. The highest BCUT2D eigenvalue weighted by Gasteiger charge is 2.09. The summed E-state index contributed by atoms with van der Waals surface area (Å²) < 4.78 is 0. The molecule has 0 saturated heterocycles. The topological polar surface area (TPSA) is 109 Å². The SMILES string of the molecule is NC(=O)c1cccc(C(=O)Nc2ccc(C(=O)O)cc2)c1. The largest absolute Gasteiger partial charge is 0.478 e. The van der Waals surface area contributed by atoms with Gasteiger partial charge in [-0.3, -0.25) is 9.59 Å². The number of carboxylic acids is 1. The molecule has 6 heteroatoms. The Labute approximate surface area is 120 Å². The second kappa shape index (κ2) is 5.87. The Morgan fingerprint density at radius 1 is 0.905 bits per heavy atom. The van der Waals surface area contributed by atoms with E-state index in [0.717, 1.165) is 0 Å². The van der Waals surface area contributed by atoms with E-state index >= 15 is 0 Å². The van der Waals surface area contributed by atoms with Crippen LogP contribution >= 0.6 is 0 Å². The predicted molar refractivity (Wildman–Crippen MR) is 76.3 cm³/mol. The number of rotatable bonds is 4. The van der Waals surface area contributed by atoms with Crippen LogP contribution in [0.3, 0.4) is 0 Å². The molecule has 0 unspecified atom stereocenters. The molecule has 0 fully saturated rings. The minimum atomic E-state index is -1.04. The number of anilines is 1. The number of nitrogens with one attached hydrogen (secondary N) is 1. The first-order valence-corrected chi connectivity index (χ1v) is 6.02. The third kappa shape index (κ3) is 3.44. The van der Waals surface area contributed by atoms with Gasteiger partial charge < -0.3 is 16.2 Å². The molecule has 2 aromatic rings. The first-order valence-electron chi connectivity index (χ1n) is 6.02. The lowest BCUT2D eigenvalue weighted by Crippen LogP contribution is -2.15. The van der Waals surface area contributed by atoms with Gasteiger partial charge in [0.1, 0.15) is 0 Å². The zero-order chi connectivity index (χ0) is 15.4. The number of aromatic carboxylic acids is 1. The fourth-order valence-electron chi connectivity index (χ4n) is 1.71.